The Morgan fingerprint density at radius 3 is 2.56 bits per heavy atom. The minimum absolute atomic E-state index is 0.243. The highest BCUT2D eigenvalue weighted by Crippen LogP contribution is 2.36. The molecule has 0 radical (unpaired) electrons. The Bertz CT molecular complexity index is 564. The summed E-state index contributed by atoms with van der Waals surface area (Å²) in [7, 11) is 0. The Morgan fingerprint density at radius 2 is 1.92 bits per heavy atom. The van der Waals surface area contributed by atoms with Gasteiger partial charge in [-0.15, -0.1) is 0 Å². The van der Waals surface area contributed by atoms with Gasteiger partial charge < -0.3 is 15.8 Å². The van der Waals surface area contributed by atoms with Crippen LogP contribution in [0.3, 0.4) is 0 Å². The summed E-state index contributed by atoms with van der Waals surface area (Å²) in [5.74, 6) is -0.243. The molecule has 0 unspecified atom stereocenters. The molecule has 25 heavy (non-hydrogen) atoms. The third-order valence-corrected chi connectivity index (χ3v) is 6.05. The lowest BCUT2D eigenvalue weighted by Gasteiger charge is -2.48. The number of nitrogen functional groups attached to an aromatic ring is 1. The van der Waals surface area contributed by atoms with Gasteiger partial charge in [0.25, 0.3) is 0 Å². The molecule has 0 aromatic heterocycles. The SMILES string of the molecule is CCO[C@H]1CC[C@](C)(N2CCC(Nc3cc(F)ccc3N)CC2)CC1. The average molecular weight is 349 g/mol. The van der Waals surface area contributed by atoms with Gasteiger partial charge in [-0.25, -0.2) is 4.39 Å². The molecule has 0 atom stereocenters. The standard InChI is InChI=1S/C20H32FN3O/c1-3-25-17-6-10-20(2,11-7-17)24-12-8-16(9-13-24)23-19-14-15(21)4-5-18(19)22/h4-5,14,16-17,23H,3,6-13,22H2,1-2H3/t17-,20-. The number of piperidine rings is 1. The van der Waals surface area contributed by atoms with Crippen LogP contribution in [0.1, 0.15) is 52.4 Å². The molecule has 1 heterocycles. The van der Waals surface area contributed by atoms with E-state index in [9.17, 15) is 4.39 Å². The van der Waals surface area contributed by atoms with Gasteiger partial charge in [0.2, 0.25) is 0 Å². The fraction of sp³-hybridized carbons (Fsp3) is 0.700. The molecule has 1 aliphatic carbocycles. The molecule has 0 bridgehead atoms. The maximum atomic E-state index is 13.4. The fourth-order valence-electron chi connectivity index (χ4n) is 4.37. The molecule has 2 aliphatic rings. The monoisotopic (exact) mass is 349 g/mol. The number of nitrogens with one attached hydrogen (secondary N) is 1. The van der Waals surface area contributed by atoms with Crippen LogP contribution in [0.15, 0.2) is 18.2 Å². The van der Waals surface area contributed by atoms with Crippen LogP contribution in [-0.2, 0) is 4.74 Å². The summed E-state index contributed by atoms with van der Waals surface area (Å²) in [6, 6.07) is 4.90. The largest absolute Gasteiger partial charge is 0.397 e. The van der Waals surface area contributed by atoms with Crippen LogP contribution in [0.2, 0.25) is 0 Å². The number of likely N-dealkylation sites (tertiary alicyclic amines) is 1. The molecule has 1 saturated heterocycles. The third kappa shape index (κ3) is 4.45. The number of anilines is 2. The molecule has 1 aromatic carbocycles. The molecule has 1 saturated carbocycles. The van der Waals surface area contributed by atoms with Crippen LogP contribution in [0.25, 0.3) is 0 Å². The lowest BCUT2D eigenvalue weighted by atomic mass is 9.79. The summed E-state index contributed by atoms with van der Waals surface area (Å²) < 4.78 is 19.2. The Morgan fingerprint density at radius 1 is 1.24 bits per heavy atom. The maximum absolute atomic E-state index is 13.4. The van der Waals surface area contributed by atoms with E-state index in [2.05, 4.69) is 24.1 Å². The summed E-state index contributed by atoms with van der Waals surface area (Å²) >= 11 is 0. The van der Waals surface area contributed by atoms with Crippen molar-refractivity contribution in [2.75, 3.05) is 30.7 Å². The smallest absolute Gasteiger partial charge is 0.125 e. The van der Waals surface area contributed by atoms with Crippen molar-refractivity contribution < 1.29 is 9.13 Å². The van der Waals surface area contributed by atoms with Gasteiger partial charge in [-0.2, -0.15) is 0 Å². The van der Waals surface area contributed by atoms with Crippen molar-refractivity contribution in [3.63, 3.8) is 0 Å². The minimum atomic E-state index is -0.243. The summed E-state index contributed by atoms with van der Waals surface area (Å²) in [5, 5.41) is 3.44. The summed E-state index contributed by atoms with van der Waals surface area (Å²) in [6.07, 6.45) is 7.36. The summed E-state index contributed by atoms with van der Waals surface area (Å²) in [5.41, 5.74) is 7.60. The quantitative estimate of drug-likeness (QED) is 0.788. The predicted octanol–water partition coefficient (Wildman–Crippen LogP) is 4.02. The normalized spacial score (nSPS) is 28.8. The van der Waals surface area contributed by atoms with E-state index in [1.165, 1.54) is 37.8 Å². The first-order valence-electron chi connectivity index (χ1n) is 9.68. The van der Waals surface area contributed by atoms with Crippen molar-refractivity contribution in [2.24, 2.45) is 0 Å². The van der Waals surface area contributed by atoms with Crippen molar-refractivity contribution in [3.05, 3.63) is 24.0 Å². The average Bonchev–Trinajstić information content (AvgIpc) is 2.61. The van der Waals surface area contributed by atoms with Gasteiger partial charge in [-0.05, 0) is 70.6 Å². The Balaban J connectivity index is 1.51. The zero-order valence-corrected chi connectivity index (χ0v) is 15.6. The lowest BCUT2D eigenvalue weighted by Crippen LogP contribution is -2.53. The number of hydrogen-bond donors (Lipinski definition) is 2. The maximum Gasteiger partial charge on any atom is 0.125 e. The van der Waals surface area contributed by atoms with E-state index in [-0.39, 0.29) is 5.82 Å². The van der Waals surface area contributed by atoms with Crippen molar-refractivity contribution in [1.29, 1.82) is 0 Å². The van der Waals surface area contributed by atoms with Gasteiger partial charge in [-0.1, -0.05) is 0 Å². The summed E-state index contributed by atoms with van der Waals surface area (Å²) in [4.78, 5) is 2.66. The molecular weight excluding hydrogens is 317 g/mol. The highest BCUT2D eigenvalue weighted by atomic mass is 19.1. The molecule has 3 N–H and O–H groups in total. The number of nitrogens with zero attached hydrogens (tertiary/aromatic N) is 1. The van der Waals surface area contributed by atoms with E-state index in [0.717, 1.165) is 38.2 Å². The molecule has 5 heteroatoms. The second kappa shape index (κ2) is 7.92. The second-order valence-corrected chi connectivity index (χ2v) is 7.79. The van der Waals surface area contributed by atoms with E-state index in [1.807, 2.05) is 0 Å². The zero-order chi connectivity index (χ0) is 17.9. The Kier molecular flexibility index (Phi) is 5.85. The number of halogens is 1. The van der Waals surface area contributed by atoms with E-state index in [1.54, 1.807) is 6.07 Å². The lowest BCUT2D eigenvalue weighted by molar-refractivity contribution is -0.0242. The van der Waals surface area contributed by atoms with E-state index >= 15 is 0 Å². The first-order valence-corrected chi connectivity index (χ1v) is 9.68. The fourth-order valence-corrected chi connectivity index (χ4v) is 4.37. The zero-order valence-electron chi connectivity index (χ0n) is 15.6. The molecule has 3 rings (SSSR count). The second-order valence-electron chi connectivity index (χ2n) is 7.79. The predicted molar refractivity (Wildman–Crippen MR) is 101 cm³/mol. The van der Waals surface area contributed by atoms with Crippen molar-refractivity contribution in [2.45, 2.75) is 70.1 Å². The first-order chi connectivity index (χ1) is 12.0. The minimum Gasteiger partial charge on any atom is -0.397 e. The highest BCUT2D eigenvalue weighted by Gasteiger charge is 2.38. The van der Waals surface area contributed by atoms with Crippen molar-refractivity contribution >= 4 is 11.4 Å². The molecule has 1 aromatic rings. The topological polar surface area (TPSA) is 50.5 Å². The number of rotatable bonds is 5. The Labute approximate surface area is 150 Å². The number of ether oxygens (including phenoxy) is 1. The number of nitrogens with two attached hydrogens (primary N) is 1. The van der Waals surface area contributed by atoms with E-state index in [4.69, 9.17) is 10.5 Å². The van der Waals surface area contributed by atoms with Crippen LogP contribution in [0.5, 0.6) is 0 Å². The third-order valence-electron chi connectivity index (χ3n) is 6.05. The van der Waals surface area contributed by atoms with Gasteiger partial charge in [0, 0.05) is 31.3 Å². The van der Waals surface area contributed by atoms with Crippen LogP contribution >= 0.6 is 0 Å². The van der Waals surface area contributed by atoms with Gasteiger partial charge >= 0.3 is 0 Å². The molecule has 0 spiro atoms. The van der Waals surface area contributed by atoms with Crippen molar-refractivity contribution in [1.82, 2.24) is 4.90 Å². The molecule has 2 fully saturated rings. The van der Waals surface area contributed by atoms with Gasteiger partial charge in [0.1, 0.15) is 5.82 Å². The molecule has 1 aliphatic heterocycles. The highest BCUT2D eigenvalue weighted by molar-refractivity contribution is 5.66. The molecule has 4 nitrogen and oxygen atoms in total. The summed E-state index contributed by atoms with van der Waals surface area (Å²) in [6.45, 7) is 7.48. The van der Waals surface area contributed by atoms with Gasteiger partial charge in [0.15, 0.2) is 0 Å². The number of benzene rings is 1. The first kappa shape index (κ1) is 18.5. The number of hydrogen-bond acceptors (Lipinski definition) is 4. The van der Waals surface area contributed by atoms with Gasteiger partial charge in [0.05, 0.1) is 17.5 Å². The van der Waals surface area contributed by atoms with Gasteiger partial charge in [-0.3, -0.25) is 4.90 Å². The van der Waals surface area contributed by atoms with Crippen LogP contribution in [-0.4, -0.2) is 42.3 Å². The molecule has 140 valence electrons. The van der Waals surface area contributed by atoms with E-state index < -0.39 is 0 Å². The van der Waals surface area contributed by atoms with Crippen LogP contribution < -0.4 is 11.1 Å². The van der Waals surface area contributed by atoms with Crippen LogP contribution in [0, 0.1) is 5.82 Å². The molecule has 0 amide bonds. The van der Waals surface area contributed by atoms with Crippen LogP contribution in [0.4, 0.5) is 15.8 Å². The molecular formula is C20H32FN3O. The van der Waals surface area contributed by atoms with Crippen molar-refractivity contribution in [3.8, 4) is 0 Å². The Hall–Kier alpha value is -1.33. The van der Waals surface area contributed by atoms with E-state index in [0.29, 0.717) is 23.4 Å².